The van der Waals surface area contributed by atoms with Crippen molar-refractivity contribution in [3.8, 4) is 0 Å². The highest BCUT2D eigenvalue weighted by Crippen LogP contribution is 2.34. The van der Waals surface area contributed by atoms with E-state index in [-0.39, 0.29) is 11.5 Å². The summed E-state index contributed by atoms with van der Waals surface area (Å²) in [6, 6.07) is 6.20. The average molecular weight is 410 g/mol. The van der Waals surface area contributed by atoms with Crippen molar-refractivity contribution in [2.24, 2.45) is 0 Å². The van der Waals surface area contributed by atoms with Gasteiger partial charge in [-0.15, -0.1) is 11.3 Å². The zero-order valence-corrected chi connectivity index (χ0v) is 18.4. The monoisotopic (exact) mass is 409 g/mol. The maximum absolute atomic E-state index is 13.3. The largest absolute Gasteiger partial charge is 0.321 e. The van der Waals surface area contributed by atoms with Crippen LogP contribution in [-0.4, -0.2) is 15.5 Å². The molecule has 0 unspecified atom stereocenters. The lowest BCUT2D eigenvalue weighted by Crippen LogP contribution is -2.21. The number of aryl methyl sites for hydroxylation is 2. The molecule has 1 amide bonds. The van der Waals surface area contributed by atoms with E-state index in [4.69, 9.17) is 0 Å². The van der Waals surface area contributed by atoms with Crippen LogP contribution in [-0.2, 0) is 13.0 Å². The van der Waals surface area contributed by atoms with Gasteiger partial charge in [0.2, 0.25) is 0 Å². The zero-order valence-electron chi connectivity index (χ0n) is 17.6. The summed E-state index contributed by atoms with van der Waals surface area (Å²) in [5.41, 5.74) is 3.86. The van der Waals surface area contributed by atoms with Crippen molar-refractivity contribution < 1.29 is 4.79 Å². The topological polar surface area (TPSA) is 64.0 Å². The number of anilines is 1. The minimum Gasteiger partial charge on any atom is -0.321 e. The second kappa shape index (κ2) is 7.41. The average Bonchev–Trinajstić information content (AvgIpc) is 3.26. The van der Waals surface area contributed by atoms with Gasteiger partial charge < -0.3 is 5.32 Å². The lowest BCUT2D eigenvalue weighted by molar-refractivity contribution is 0.103. The number of hydrogen-bond acceptors (Lipinski definition) is 4. The first-order valence-electron chi connectivity index (χ1n) is 10.3. The second-order valence-corrected chi connectivity index (χ2v) is 9.40. The summed E-state index contributed by atoms with van der Waals surface area (Å²) in [6.45, 7) is 11.1. The summed E-state index contributed by atoms with van der Waals surface area (Å²) in [5.74, 6) is 1.26. The van der Waals surface area contributed by atoms with E-state index in [1.54, 1.807) is 4.57 Å². The molecular weight excluding hydrogens is 382 g/mol. The standard InChI is InChI=1S/C23H27N3O2S/c1-12(2)15-8-6-9-16(13(3)4)19(15)25-21(27)20-14(5)18-22(29-20)24-17-10-7-11-26(17)23(18)28/h6,8-9,12-13H,7,10-11H2,1-5H3,(H,25,27). The molecule has 0 atom stereocenters. The number of aromatic nitrogens is 2. The molecule has 0 fully saturated rings. The van der Waals surface area contributed by atoms with Crippen molar-refractivity contribution in [2.75, 3.05) is 5.32 Å². The molecule has 29 heavy (non-hydrogen) atoms. The lowest BCUT2D eigenvalue weighted by Gasteiger charge is -2.20. The van der Waals surface area contributed by atoms with Crippen LogP contribution in [0.5, 0.6) is 0 Å². The van der Waals surface area contributed by atoms with Crippen molar-refractivity contribution in [3.63, 3.8) is 0 Å². The van der Waals surface area contributed by atoms with Gasteiger partial charge in [0.1, 0.15) is 10.7 Å². The summed E-state index contributed by atoms with van der Waals surface area (Å²) >= 11 is 1.32. The van der Waals surface area contributed by atoms with Crippen LogP contribution in [0.3, 0.4) is 0 Å². The molecule has 0 spiro atoms. The summed E-state index contributed by atoms with van der Waals surface area (Å²) in [5, 5.41) is 3.76. The molecule has 5 nitrogen and oxygen atoms in total. The third-order valence-corrected chi connectivity index (χ3v) is 6.91. The van der Waals surface area contributed by atoms with Gasteiger partial charge in [-0.1, -0.05) is 45.9 Å². The Balaban J connectivity index is 1.79. The van der Waals surface area contributed by atoms with Crippen LogP contribution in [0.25, 0.3) is 10.2 Å². The number of carbonyl (C=O) groups excluding carboxylic acids is 1. The number of fused-ring (bicyclic) bond motifs is 2. The van der Waals surface area contributed by atoms with E-state index in [2.05, 4.69) is 56.2 Å². The van der Waals surface area contributed by atoms with Gasteiger partial charge >= 0.3 is 0 Å². The summed E-state index contributed by atoms with van der Waals surface area (Å²) in [7, 11) is 0. The van der Waals surface area contributed by atoms with Crippen LogP contribution in [0.4, 0.5) is 5.69 Å². The van der Waals surface area contributed by atoms with E-state index in [0.29, 0.717) is 33.5 Å². The van der Waals surface area contributed by atoms with E-state index in [9.17, 15) is 9.59 Å². The summed E-state index contributed by atoms with van der Waals surface area (Å²) < 4.78 is 1.76. The molecule has 4 rings (SSSR count). The Morgan fingerprint density at radius 1 is 1.17 bits per heavy atom. The molecule has 0 saturated carbocycles. The van der Waals surface area contributed by atoms with E-state index in [1.165, 1.54) is 11.3 Å². The van der Waals surface area contributed by atoms with Gasteiger partial charge in [-0.2, -0.15) is 0 Å². The van der Waals surface area contributed by atoms with Crippen LogP contribution in [0.1, 0.15) is 78.1 Å². The van der Waals surface area contributed by atoms with Gasteiger partial charge in [0.25, 0.3) is 11.5 Å². The fourth-order valence-electron chi connectivity index (χ4n) is 4.16. The molecule has 0 bridgehead atoms. The number of para-hydroxylation sites is 1. The first-order valence-corrected chi connectivity index (χ1v) is 11.1. The molecule has 6 heteroatoms. The third-order valence-electron chi connectivity index (χ3n) is 5.73. The molecule has 2 aromatic heterocycles. The highest BCUT2D eigenvalue weighted by Gasteiger charge is 2.24. The van der Waals surface area contributed by atoms with Gasteiger partial charge in [-0.25, -0.2) is 4.98 Å². The molecule has 152 valence electrons. The molecule has 1 N–H and O–H groups in total. The van der Waals surface area contributed by atoms with E-state index >= 15 is 0 Å². The summed E-state index contributed by atoms with van der Waals surface area (Å²) in [6.07, 6.45) is 1.78. The molecule has 3 heterocycles. The van der Waals surface area contributed by atoms with Crippen LogP contribution in [0, 0.1) is 6.92 Å². The Bertz CT molecular complexity index is 1140. The van der Waals surface area contributed by atoms with Gasteiger partial charge in [0, 0.05) is 18.7 Å². The third kappa shape index (κ3) is 3.29. The number of rotatable bonds is 4. The van der Waals surface area contributed by atoms with Gasteiger partial charge in [-0.05, 0) is 41.9 Å². The Morgan fingerprint density at radius 3 is 2.45 bits per heavy atom. The molecule has 0 saturated heterocycles. The predicted molar refractivity (Wildman–Crippen MR) is 120 cm³/mol. The Kier molecular flexibility index (Phi) is 5.07. The number of benzene rings is 1. The lowest BCUT2D eigenvalue weighted by atomic mass is 9.92. The number of nitrogens with one attached hydrogen (secondary N) is 1. The normalized spacial score (nSPS) is 13.5. The zero-order chi connectivity index (χ0) is 20.9. The van der Waals surface area contributed by atoms with Gasteiger partial charge in [0.05, 0.1) is 10.3 Å². The molecular formula is C23H27N3O2S. The van der Waals surface area contributed by atoms with E-state index in [0.717, 1.165) is 41.0 Å². The highest BCUT2D eigenvalue weighted by molar-refractivity contribution is 7.20. The minimum absolute atomic E-state index is 0.0132. The molecule has 0 aliphatic carbocycles. The van der Waals surface area contributed by atoms with Crippen LogP contribution in [0.2, 0.25) is 0 Å². The molecule has 1 aliphatic rings. The van der Waals surface area contributed by atoms with Crippen LogP contribution in [0.15, 0.2) is 23.0 Å². The number of hydrogen-bond donors (Lipinski definition) is 1. The predicted octanol–water partition coefficient (Wildman–Crippen LogP) is 5.21. The maximum Gasteiger partial charge on any atom is 0.266 e. The van der Waals surface area contributed by atoms with E-state index < -0.39 is 0 Å². The van der Waals surface area contributed by atoms with Crippen molar-refractivity contribution >= 4 is 33.1 Å². The summed E-state index contributed by atoms with van der Waals surface area (Å²) in [4.78, 5) is 32.1. The maximum atomic E-state index is 13.3. The fraction of sp³-hybridized carbons (Fsp3) is 0.435. The van der Waals surface area contributed by atoms with Crippen molar-refractivity contribution in [3.05, 3.63) is 55.9 Å². The van der Waals surface area contributed by atoms with Crippen molar-refractivity contribution in [2.45, 2.75) is 65.8 Å². The number of nitrogens with zero attached hydrogens (tertiary/aromatic N) is 2. The SMILES string of the molecule is Cc1c(C(=O)Nc2c(C(C)C)cccc2C(C)C)sc2nc3n(c(=O)c12)CCC3. The highest BCUT2D eigenvalue weighted by atomic mass is 32.1. The number of carbonyl (C=O) groups is 1. The Morgan fingerprint density at radius 2 is 1.83 bits per heavy atom. The molecule has 0 radical (unpaired) electrons. The first kappa shape index (κ1) is 19.8. The van der Waals surface area contributed by atoms with Crippen molar-refractivity contribution in [1.82, 2.24) is 9.55 Å². The second-order valence-electron chi connectivity index (χ2n) is 8.40. The smallest absolute Gasteiger partial charge is 0.266 e. The van der Waals surface area contributed by atoms with Crippen molar-refractivity contribution in [1.29, 1.82) is 0 Å². The molecule has 1 aromatic carbocycles. The van der Waals surface area contributed by atoms with Gasteiger partial charge in [0.15, 0.2) is 0 Å². The van der Waals surface area contributed by atoms with E-state index in [1.807, 2.05) is 6.92 Å². The number of amides is 1. The number of thiophene rings is 1. The van der Waals surface area contributed by atoms with Crippen LogP contribution >= 0.6 is 11.3 Å². The van der Waals surface area contributed by atoms with Gasteiger partial charge in [-0.3, -0.25) is 14.2 Å². The van der Waals surface area contributed by atoms with Crippen LogP contribution < -0.4 is 10.9 Å². The minimum atomic E-state index is -0.162. The quantitative estimate of drug-likeness (QED) is 0.643. The Labute approximate surface area is 174 Å². The fourth-order valence-corrected chi connectivity index (χ4v) is 5.24. The molecule has 3 aromatic rings. The molecule has 1 aliphatic heterocycles. The first-order chi connectivity index (χ1) is 13.8. The Hall–Kier alpha value is -2.47.